The Labute approximate surface area is 300 Å². The highest BCUT2D eigenvalue weighted by Gasteiger charge is 2.27. The van der Waals surface area contributed by atoms with E-state index in [1.54, 1.807) is 24.3 Å². The molecule has 1 aliphatic rings. The van der Waals surface area contributed by atoms with E-state index in [9.17, 15) is 18.0 Å². The lowest BCUT2D eigenvalue weighted by Gasteiger charge is -2.33. The molecule has 5 rings (SSSR count). The Kier molecular flexibility index (Phi) is 11.7. The number of carbonyl (C=O) groups is 2. The molecule has 0 bridgehead atoms. The zero-order valence-electron chi connectivity index (χ0n) is 29.0. The number of allylic oxidation sites excluding steroid dienone is 2. The van der Waals surface area contributed by atoms with Crippen molar-refractivity contribution in [3.8, 4) is 11.1 Å². The van der Waals surface area contributed by atoms with E-state index in [-0.39, 0.29) is 17.9 Å². The Bertz CT molecular complexity index is 1960. The number of nitrogens with one attached hydrogen (secondary N) is 2. The van der Waals surface area contributed by atoms with Crippen LogP contribution in [0.5, 0.6) is 0 Å². The fourth-order valence-corrected chi connectivity index (χ4v) is 7.10. The van der Waals surface area contributed by atoms with Crippen LogP contribution in [0.25, 0.3) is 16.7 Å². The molecule has 0 fully saturated rings. The van der Waals surface area contributed by atoms with Crippen LogP contribution in [0.4, 0.5) is 5.69 Å². The Hall–Kier alpha value is -4.24. The molecule has 9 heteroatoms. The molecule has 2 atom stereocenters. The molecule has 2 amide bonds. The quantitative estimate of drug-likeness (QED) is 0.134. The van der Waals surface area contributed by atoms with Gasteiger partial charge in [-0.05, 0) is 119 Å². The second kappa shape index (κ2) is 15.8. The average Bonchev–Trinajstić information content (AvgIpc) is 3.07. The van der Waals surface area contributed by atoms with Gasteiger partial charge in [-0.1, -0.05) is 93.0 Å². The molecule has 3 N–H and O–H groups in total. The van der Waals surface area contributed by atoms with Gasteiger partial charge >= 0.3 is 0 Å². The van der Waals surface area contributed by atoms with Crippen molar-refractivity contribution >= 4 is 44.8 Å². The summed E-state index contributed by atoms with van der Waals surface area (Å²) in [6.07, 6.45) is 6.03. The monoisotopic (exact) mass is 712 g/mol. The van der Waals surface area contributed by atoms with E-state index < -0.39 is 27.7 Å². The van der Waals surface area contributed by atoms with E-state index in [0.29, 0.717) is 28.6 Å². The van der Waals surface area contributed by atoms with Crippen molar-refractivity contribution in [1.29, 1.82) is 0 Å². The number of amides is 2. The zero-order chi connectivity index (χ0) is 36.1. The molecule has 7 nitrogen and oxygen atoms in total. The number of carbonyl (C=O) groups excluding carboxylic acids is 2. The van der Waals surface area contributed by atoms with Crippen molar-refractivity contribution in [2.45, 2.75) is 59.3 Å². The summed E-state index contributed by atoms with van der Waals surface area (Å²) in [6, 6.07) is 28.8. The lowest BCUT2D eigenvalue weighted by atomic mass is 9.72. The van der Waals surface area contributed by atoms with E-state index >= 15 is 0 Å². The molecule has 0 heterocycles. The first-order valence-electron chi connectivity index (χ1n) is 17.0. The van der Waals surface area contributed by atoms with Gasteiger partial charge in [0.25, 0.3) is 16.0 Å². The van der Waals surface area contributed by atoms with Gasteiger partial charge in [0.05, 0.1) is 11.7 Å². The molecule has 0 spiro atoms. The summed E-state index contributed by atoms with van der Waals surface area (Å²) in [5.74, 6) is -1.01. The highest BCUT2D eigenvalue weighted by molar-refractivity contribution is 7.85. The topological polar surface area (TPSA) is 113 Å². The van der Waals surface area contributed by atoms with Crippen LogP contribution in [0.3, 0.4) is 0 Å². The standard InChI is InChI=1S/C41H45ClN2O5S/c1-27-25-35(42)19-22-37(27)31-15-20-36(21-16-31)44-40(46)38(26-28-5-7-33(8-6-28)39(45)43-23-24-50(47,48)49)32-11-9-29(10-12-32)30-13-17-34(18-14-30)41(2,3)4/h5-13,15-16,19-22,25,34,38H,14,17-18,23-24,26H2,1-4H3,(H,43,45)(H,44,46)(H,47,48,49)/t34-,38-/m1/s1. The normalized spacial score (nSPS) is 15.6. The number of halogens is 1. The van der Waals surface area contributed by atoms with Crippen molar-refractivity contribution < 1.29 is 22.6 Å². The zero-order valence-corrected chi connectivity index (χ0v) is 30.6. The number of benzene rings is 4. The molecule has 4 aromatic rings. The third kappa shape index (κ3) is 9.93. The predicted molar refractivity (Wildman–Crippen MR) is 203 cm³/mol. The molecular formula is C41H45ClN2O5S. The summed E-state index contributed by atoms with van der Waals surface area (Å²) in [7, 11) is -4.17. The molecule has 262 valence electrons. The largest absolute Gasteiger partial charge is 0.351 e. The average molecular weight is 713 g/mol. The third-order valence-corrected chi connectivity index (χ3v) is 10.5. The molecule has 0 aromatic heterocycles. The molecule has 0 aliphatic heterocycles. The van der Waals surface area contributed by atoms with E-state index in [4.69, 9.17) is 16.2 Å². The molecule has 0 saturated carbocycles. The maximum absolute atomic E-state index is 14.0. The first kappa shape index (κ1) is 37.0. The highest BCUT2D eigenvalue weighted by Crippen LogP contribution is 2.40. The fourth-order valence-electron chi connectivity index (χ4n) is 6.51. The SMILES string of the molecule is Cc1cc(Cl)ccc1-c1ccc(NC(=O)[C@H](Cc2ccc(C(=O)NCCS(=O)(=O)O)cc2)c2ccc(C3=CC[C@@H](C(C)(C)C)CC3)cc2)cc1. The van der Waals surface area contributed by atoms with Gasteiger partial charge in [-0.25, -0.2) is 0 Å². The minimum atomic E-state index is -4.17. The first-order chi connectivity index (χ1) is 23.7. The van der Waals surface area contributed by atoms with E-state index in [1.165, 1.54) is 11.1 Å². The Morgan fingerprint density at radius 2 is 1.58 bits per heavy atom. The maximum Gasteiger partial charge on any atom is 0.266 e. The summed E-state index contributed by atoms with van der Waals surface area (Å²) in [4.78, 5) is 26.5. The van der Waals surface area contributed by atoms with Crippen LogP contribution >= 0.6 is 11.6 Å². The van der Waals surface area contributed by atoms with Crippen LogP contribution < -0.4 is 10.6 Å². The van der Waals surface area contributed by atoms with Crippen molar-refractivity contribution in [3.05, 3.63) is 130 Å². The minimum Gasteiger partial charge on any atom is -0.351 e. The Morgan fingerprint density at radius 1 is 0.920 bits per heavy atom. The van der Waals surface area contributed by atoms with Crippen LogP contribution in [0.1, 0.15) is 78.6 Å². The van der Waals surface area contributed by atoms with Crippen molar-refractivity contribution in [2.75, 3.05) is 17.6 Å². The molecule has 0 unspecified atom stereocenters. The number of hydrogen-bond acceptors (Lipinski definition) is 4. The number of aryl methyl sites for hydroxylation is 1. The van der Waals surface area contributed by atoms with Crippen molar-refractivity contribution in [3.63, 3.8) is 0 Å². The summed E-state index contributed by atoms with van der Waals surface area (Å²) in [6.45, 7) is 8.74. The molecule has 0 radical (unpaired) electrons. The summed E-state index contributed by atoms with van der Waals surface area (Å²) in [5.41, 5.74) is 8.75. The molecule has 4 aromatic carbocycles. The number of rotatable bonds is 11. The summed E-state index contributed by atoms with van der Waals surface area (Å²) < 4.78 is 30.9. The van der Waals surface area contributed by atoms with Crippen LogP contribution in [-0.4, -0.2) is 37.1 Å². The van der Waals surface area contributed by atoms with E-state index in [1.807, 2.05) is 61.5 Å². The van der Waals surface area contributed by atoms with Gasteiger partial charge in [0.15, 0.2) is 0 Å². The predicted octanol–water partition coefficient (Wildman–Crippen LogP) is 9.13. The molecule has 50 heavy (non-hydrogen) atoms. The third-order valence-electron chi connectivity index (χ3n) is 9.59. The fraction of sp³-hybridized carbons (Fsp3) is 0.317. The van der Waals surface area contributed by atoms with Gasteiger partial charge in [-0.3, -0.25) is 14.1 Å². The van der Waals surface area contributed by atoms with E-state index in [2.05, 4.69) is 49.6 Å². The minimum absolute atomic E-state index is 0.148. The molecule has 0 saturated heterocycles. The van der Waals surface area contributed by atoms with Crippen molar-refractivity contribution in [1.82, 2.24) is 5.32 Å². The number of hydrogen-bond donors (Lipinski definition) is 3. The van der Waals surface area contributed by atoms with Gasteiger partial charge in [0, 0.05) is 22.8 Å². The summed E-state index contributed by atoms with van der Waals surface area (Å²) in [5, 5.41) is 6.30. The van der Waals surface area contributed by atoms with Crippen LogP contribution in [0, 0.1) is 18.3 Å². The summed E-state index contributed by atoms with van der Waals surface area (Å²) >= 11 is 6.15. The Balaban J connectivity index is 1.35. The van der Waals surface area contributed by atoms with Gasteiger partial charge in [-0.2, -0.15) is 8.42 Å². The lowest BCUT2D eigenvalue weighted by Crippen LogP contribution is -2.28. The molecular weight excluding hydrogens is 668 g/mol. The first-order valence-corrected chi connectivity index (χ1v) is 18.9. The van der Waals surface area contributed by atoms with Gasteiger partial charge in [0.2, 0.25) is 5.91 Å². The number of anilines is 1. The Morgan fingerprint density at radius 3 is 2.16 bits per heavy atom. The maximum atomic E-state index is 14.0. The van der Waals surface area contributed by atoms with Crippen LogP contribution in [0.15, 0.2) is 97.1 Å². The van der Waals surface area contributed by atoms with Gasteiger partial charge in [0.1, 0.15) is 0 Å². The van der Waals surface area contributed by atoms with Gasteiger partial charge < -0.3 is 10.6 Å². The van der Waals surface area contributed by atoms with Crippen LogP contribution in [-0.2, 0) is 21.3 Å². The van der Waals surface area contributed by atoms with E-state index in [0.717, 1.165) is 47.1 Å². The second-order valence-corrected chi connectivity index (χ2v) is 16.2. The van der Waals surface area contributed by atoms with Crippen molar-refractivity contribution in [2.24, 2.45) is 11.3 Å². The lowest BCUT2D eigenvalue weighted by molar-refractivity contribution is -0.117. The second-order valence-electron chi connectivity index (χ2n) is 14.2. The van der Waals surface area contributed by atoms with Gasteiger partial charge in [-0.15, -0.1) is 0 Å². The highest BCUT2D eigenvalue weighted by atomic mass is 35.5. The molecule has 1 aliphatic carbocycles. The van der Waals surface area contributed by atoms with Crippen LogP contribution in [0.2, 0.25) is 5.02 Å². The smallest absolute Gasteiger partial charge is 0.266 e.